The van der Waals surface area contributed by atoms with Crippen LogP contribution in [-0.2, 0) is 6.42 Å². The normalized spacial score (nSPS) is 22.6. The molecule has 1 aromatic heterocycles. The van der Waals surface area contributed by atoms with Crippen LogP contribution in [0.1, 0.15) is 37.5 Å². The van der Waals surface area contributed by atoms with E-state index in [1.807, 2.05) is 11.3 Å². The van der Waals surface area contributed by atoms with E-state index in [2.05, 4.69) is 29.8 Å². The fraction of sp³-hybridized carbons (Fsp3) is 0.714. The van der Waals surface area contributed by atoms with E-state index in [0.29, 0.717) is 6.04 Å². The highest BCUT2D eigenvalue weighted by molar-refractivity contribution is 7.09. The van der Waals surface area contributed by atoms with Crippen LogP contribution in [0.5, 0.6) is 0 Å². The number of nitrogens with one attached hydrogen (secondary N) is 1. The first-order chi connectivity index (χ1) is 7.83. The van der Waals surface area contributed by atoms with Crippen molar-refractivity contribution < 1.29 is 0 Å². The second-order valence-electron chi connectivity index (χ2n) is 5.55. The molecule has 1 unspecified atom stereocenters. The van der Waals surface area contributed by atoms with Crippen molar-refractivity contribution in [3.05, 3.63) is 22.4 Å². The summed E-state index contributed by atoms with van der Waals surface area (Å²) >= 11 is 1.89. The third-order valence-electron chi connectivity index (χ3n) is 3.82. The van der Waals surface area contributed by atoms with Gasteiger partial charge in [-0.25, -0.2) is 0 Å². The van der Waals surface area contributed by atoms with Gasteiger partial charge in [0.25, 0.3) is 0 Å². The lowest BCUT2D eigenvalue weighted by molar-refractivity contribution is 0.372. The Kier molecular flexibility index (Phi) is 3.03. The maximum absolute atomic E-state index is 3.89. The fourth-order valence-electron chi connectivity index (χ4n) is 2.69. The molecule has 2 fully saturated rings. The number of thiophene rings is 1. The van der Waals surface area contributed by atoms with Crippen LogP contribution in [0.2, 0.25) is 0 Å². The standard InChI is InChI=1S/C14H21NS/c1-10(9-13-3-2-8-16-13)15-14(11-4-5-11)12-6-7-12/h2-3,8,10-12,14-15H,4-7,9H2,1H3. The van der Waals surface area contributed by atoms with Gasteiger partial charge in [0, 0.05) is 17.0 Å². The summed E-state index contributed by atoms with van der Waals surface area (Å²) in [5.41, 5.74) is 0. The summed E-state index contributed by atoms with van der Waals surface area (Å²) in [4.78, 5) is 1.52. The van der Waals surface area contributed by atoms with Crippen molar-refractivity contribution in [1.29, 1.82) is 0 Å². The van der Waals surface area contributed by atoms with Crippen LogP contribution >= 0.6 is 11.3 Å². The minimum atomic E-state index is 0.643. The average Bonchev–Trinajstić information content (AvgIpc) is 3.17. The smallest absolute Gasteiger partial charge is 0.0126 e. The Hall–Kier alpha value is -0.340. The van der Waals surface area contributed by atoms with Crippen molar-refractivity contribution in [3.63, 3.8) is 0 Å². The maximum atomic E-state index is 3.89. The first kappa shape index (κ1) is 10.8. The number of hydrogen-bond donors (Lipinski definition) is 1. The molecule has 88 valence electrons. The quantitative estimate of drug-likeness (QED) is 0.796. The Bertz CT molecular complexity index is 313. The van der Waals surface area contributed by atoms with E-state index in [-0.39, 0.29) is 0 Å². The van der Waals surface area contributed by atoms with Crippen molar-refractivity contribution in [1.82, 2.24) is 5.32 Å². The van der Waals surface area contributed by atoms with Gasteiger partial charge >= 0.3 is 0 Å². The Morgan fingerprint density at radius 1 is 1.31 bits per heavy atom. The van der Waals surface area contributed by atoms with Gasteiger partial charge in [0.1, 0.15) is 0 Å². The Morgan fingerprint density at radius 3 is 2.50 bits per heavy atom. The van der Waals surface area contributed by atoms with E-state index in [1.165, 1.54) is 37.0 Å². The van der Waals surface area contributed by atoms with Gasteiger partial charge in [-0.15, -0.1) is 11.3 Å². The molecule has 1 N–H and O–H groups in total. The molecule has 0 aliphatic heterocycles. The molecule has 0 amide bonds. The van der Waals surface area contributed by atoms with Crippen LogP contribution in [0.4, 0.5) is 0 Å². The summed E-state index contributed by atoms with van der Waals surface area (Å²) in [5, 5.41) is 6.07. The van der Waals surface area contributed by atoms with Gasteiger partial charge in [0.05, 0.1) is 0 Å². The zero-order valence-corrected chi connectivity index (χ0v) is 10.8. The van der Waals surface area contributed by atoms with E-state index >= 15 is 0 Å². The van der Waals surface area contributed by atoms with Gasteiger partial charge in [-0.2, -0.15) is 0 Å². The molecule has 0 saturated heterocycles. The van der Waals surface area contributed by atoms with Crippen LogP contribution in [0, 0.1) is 11.8 Å². The van der Waals surface area contributed by atoms with E-state index in [9.17, 15) is 0 Å². The van der Waals surface area contributed by atoms with Crippen LogP contribution in [0.15, 0.2) is 17.5 Å². The van der Waals surface area contributed by atoms with E-state index < -0.39 is 0 Å². The molecule has 1 atom stereocenters. The van der Waals surface area contributed by atoms with Crippen LogP contribution < -0.4 is 5.32 Å². The predicted octanol–water partition coefficient (Wildman–Crippen LogP) is 3.46. The molecule has 2 saturated carbocycles. The monoisotopic (exact) mass is 235 g/mol. The SMILES string of the molecule is CC(Cc1cccs1)NC(C1CC1)C1CC1. The molecular formula is C14H21NS. The minimum absolute atomic E-state index is 0.643. The summed E-state index contributed by atoms with van der Waals surface area (Å²) in [6.07, 6.45) is 7.09. The number of hydrogen-bond acceptors (Lipinski definition) is 2. The Labute approximate surface area is 102 Å². The Balaban J connectivity index is 1.52. The molecule has 1 nitrogen and oxygen atoms in total. The first-order valence-electron chi connectivity index (χ1n) is 6.61. The van der Waals surface area contributed by atoms with Gasteiger partial charge in [-0.05, 0) is 62.3 Å². The van der Waals surface area contributed by atoms with Gasteiger partial charge in [0.2, 0.25) is 0 Å². The lowest BCUT2D eigenvalue weighted by Crippen LogP contribution is -2.40. The largest absolute Gasteiger partial charge is 0.311 e. The van der Waals surface area contributed by atoms with E-state index in [1.54, 1.807) is 0 Å². The lowest BCUT2D eigenvalue weighted by atomic mass is 10.1. The molecule has 0 spiro atoms. The van der Waals surface area contributed by atoms with Crippen LogP contribution in [0.3, 0.4) is 0 Å². The van der Waals surface area contributed by atoms with Gasteiger partial charge < -0.3 is 5.32 Å². The summed E-state index contributed by atoms with van der Waals surface area (Å²) in [5.74, 6) is 2.02. The van der Waals surface area contributed by atoms with Gasteiger partial charge in [-0.3, -0.25) is 0 Å². The van der Waals surface area contributed by atoms with Crippen molar-refractivity contribution in [3.8, 4) is 0 Å². The minimum Gasteiger partial charge on any atom is -0.311 e. The second kappa shape index (κ2) is 4.50. The molecule has 0 aromatic carbocycles. The highest BCUT2D eigenvalue weighted by Gasteiger charge is 2.41. The van der Waals surface area contributed by atoms with Crippen LogP contribution in [-0.4, -0.2) is 12.1 Å². The average molecular weight is 235 g/mol. The molecule has 0 radical (unpaired) electrons. The molecule has 0 bridgehead atoms. The topological polar surface area (TPSA) is 12.0 Å². The summed E-state index contributed by atoms with van der Waals surface area (Å²) in [6.45, 7) is 2.34. The molecular weight excluding hydrogens is 214 g/mol. The maximum Gasteiger partial charge on any atom is 0.0126 e. The van der Waals surface area contributed by atoms with E-state index in [0.717, 1.165) is 17.9 Å². The van der Waals surface area contributed by atoms with E-state index in [4.69, 9.17) is 0 Å². The van der Waals surface area contributed by atoms with Crippen LogP contribution in [0.25, 0.3) is 0 Å². The third-order valence-corrected chi connectivity index (χ3v) is 4.72. The van der Waals surface area contributed by atoms with Crippen molar-refractivity contribution in [2.45, 2.75) is 51.1 Å². The summed E-state index contributed by atoms with van der Waals surface area (Å²) < 4.78 is 0. The molecule has 3 rings (SSSR count). The predicted molar refractivity (Wildman–Crippen MR) is 69.9 cm³/mol. The molecule has 16 heavy (non-hydrogen) atoms. The molecule has 2 heteroatoms. The van der Waals surface area contributed by atoms with Crippen molar-refractivity contribution in [2.24, 2.45) is 11.8 Å². The molecule has 2 aliphatic carbocycles. The highest BCUT2D eigenvalue weighted by Crippen LogP contribution is 2.44. The Morgan fingerprint density at radius 2 is 2.00 bits per heavy atom. The third kappa shape index (κ3) is 2.67. The zero-order chi connectivity index (χ0) is 11.0. The van der Waals surface area contributed by atoms with Crippen molar-refractivity contribution >= 4 is 11.3 Å². The highest BCUT2D eigenvalue weighted by atomic mass is 32.1. The molecule has 1 heterocycles. The second-order valence-corrected chi connectivity index (χ2v) is 6.58. The molecule has 1 aromatic rings. The number of rotatable bonds is 6. The van der Waals surface area contributed by atoms with Gasteiger partial charge in [-0.1, -0.05) is 6.07 Å². The summed E-state index contributed by atoms with van der Waals surface area (Å²) in [7, 11) is 0. The first-order valence-corrected chi connectivity index (χ1v) is 7.49. The fourth-order valence-corrected chi connectivity index (χ4v) is 3.52. The van der Waals surface area contributed by atoms with Gasteiger partial charge in [0.15, 0.2) is 0 Å². The zero-order valence-electron chi connectivity index (χ0n) is 9.99. The molecule has 2 aliphatic rings. The van der Waals surface area contributed by atoms with Crippen molar-refractivity contribution in [2.75, 3.05) is 0 Å². The summed E-state index contributed by atoms with van der Waals surface area (Å²) in [6, 6.07) is 5.90. The lowest BCUT2D eigenvalue weighted by Gasteiger charge is -2.22.